The van der Waals surface area contributed by atoms with Crippen LogP contribution in [-0.4, -0.2) is 16.3 Å². The standard InChI is InChI=1S/C19H26N2OS/c1-12-10-20-17(23-12)21-11-13-8-14(18(2,3)4)9-15(16(13)22)19(5,6)7/h8-11,22H,1-7H3. The van der Waals surface area contributed by atoms with Crippen LogP contribution >= 0.6 is 11.3 Å². The molecule has 0 saturated carbocycles. The van der Waals surface area contributed by atoms with Gasteiger partial charge in [-0.2, -0.15) is 0 Å². The quantitative estimate of drug-likeness (QED) is 0.739. The lowest BCUT2D eigenvalue weighted by Crippen LogP contribution is -2.17. The van der Waals surface area contributed by atoms with Gasteiger partial charge in [0, 0.05) is 28.4 Å². The summed E-state index contributed by atoms with van der Waals surface area (Å²) in [4.78, 5) is 9.79. The molecule has 0 amide bonds. The van der Waals surface area contributed by atoms with Crippen LogP contribution in [0.4, 0.5) is 5.13 Å². The molecule has 0 aliphatic rings. The van der Waals surface area contributed by atoms with Gasteiger partial charge in [-0.1, -0.05) is 47.6 Å². The van der Waals surface area contributed by atoms with Crippen molar-refractivity contribution in [3.05, 3.63) is 39.9 Å². The average molecular weight is 330 g/mol. The predicted molar refractivity (Wildman–Crippen MR) is 99.6 cm³/mol. The molecule has 3 nitrogen and oxygen atoms in total. The molecule has 0 aliphatic heterocycles. The fourth-order valence-corrected chi connectivity index (χ4v) is 2.89. The van der Waals surface area contributed by atoms with E-state index in [1.807, 2.05) is 19.2 Å². The first-order chi connectivity index (χ1) is 10.5. The van der Waals surface area contributed by atoms with E-state index in [0.717, 1.165) is 16.0 Å². The highest BCUT2D eigenvalue weighted by Crippen LogP contribution is 2.37. The van der Waals surface area contributed by atoms with Crippen molar-refractivity contribution in [2.75, 3.05) is 0 Å². The van der Waals surface area contributed by atoms with E-state index in [-0.39, 0.29) is 10.8 Å². The van der Waals surface area contributed by atoms with Crippen molar-refractivity contribution in [2.24, 2.45) is 4.99 Å². The molecule has 0 fully saturated rings. The van der Waals surface area contributed by atoms with Crippen molar-refractivity contribution in [3.63, 3.8) is 0 Å². The SMILES string of the molecule is Cc1cnc(N=Cc2cc(C(C)(C)C)cc(C(C)(C)C)c2O)s1. The van der Waals surface area contributed by atoms with Crippen LogP contribution in [0.25, 0.3) is 0 Å². The minimum absolute atomic E-state index is 0.00800. The molecular formula is C19H26N2OS. The van der Waals surface area contributed by atoms with E-state index >= 15 is 0 Å². The third-order valence-electron chi connectivity index (χ3n) is 3.74. The Bertz CT molecular complexity index is 731. The summed E-state index contributed by atoms with van der Waals surface area (Å²) in [6.07, 6.45) is 3.53. The summed E-state index contributed by atoms with van der Waals surface area (Å²) >= 11 is 1.54. The highest BCUT2D eigenvalue weighted by Gasteiger charge is 2.24. The average Bonchev–Trinajstić information content (AvgIpc) is 2.80. The second-order valence-corrected chi connectivity index (χ2v) is 9.19. The molecule has 0 radical (unpaired) electrons. The molecule has 1 heterocycles. The Morgan fingerprint density at radius 2 is 1.74 bits per heavy atom. The largest absolute Gasteiger partial charge is 0.507 e. The third-order valence-corrected chi connectivity index (χ3v) is 4.56. The van der Waals surface area contributed by atoms with E-state index in [0.29, 0.717) is 10.9 Å². The lowest BCUT2D eigenvalue weighted by molar-refractivity contribution is 0.444. The molecule has 1 N–H and O–H groups in total. The zero-order chi connectivity index (χ0) is 17.4. The molecular weight excluding hydrogens is 304 g/mol. The number of thiazole rings is 1. The van der Waals surface area contributed by atoms with Crippen LogP contribution < -0.4 is 0 Å². The lowest BCUT2D eigenvalue weighted by atomic mass is 9.79. The van der Waals surface area contributed by atoms with Gasteiger partial charge in [0.05, 0.1) is 0 Å². The molecule has 4 heteroatoms. The first-order valence-electron chi connectivity index (χ1n) is 7.83. The van der Waals surface area contributed by atoms with Crippen LogP contribution in [0, 0.1) is 6.92 Å². The molecule has 124 valence electrons. The van der Waals surface area contributed by atoms with E-state index in [1.165, 1.54) is 5.56 Å². The zero-order valence-corrected chi connectivity index (χ0v) is 15.9. The van der Waals surface area contributed by atoms with Gasteiger partial charge in [0.25, 0.3) is 0 Å². The van der Waals surface area contributed by atoms with Gasteiger partial charge in [-0.3, -0.25) is 0 Å². The van der Waals surface area contributed by atoms with Gasteiger partial charge in [-0.15, -0.1) is 11.3 Å². The third kappa shape index (κ3) is 4.20. The summed E-state index contributed by atoms with van der Waals surface area (Å²) in [5, 5.41) is 11.4. The first kappa shape index (κ1) is 17.7. The number of aromatic hydroxyl groups is 1. The fourth-order valence-electron chi connectivity index (χ4n) is 2.29. The second kappa shape index (κ2) is 6.08. The van der Waals surface area contributed by atoms with E-state index in [2.05, 4.69) is 57.6 Å². The Hall–Kier alpha value is -1.68. The van der Waals surface area contributed by atoms with E-state index in [4.69, 9.17) is 0 Å². The van der Waals surface area contributed by atoms with Crippen molar-refractivity contribution in [1.29, 1.82) is 0 Å². The van der Waals surface area contributed by atoms with Gasteiger partial charge in [-0.05, 0) is 29.4 Å². The van der Waals surface area contributed by atoms with Crippen LogP contribution in [0.5, 0.6) is 5.75 Å². The Labute approximate surface area is 143 Å². The van der Waals surface area contributed by atoms with Gasteiger partial charge in [0.15, 0.2) is 0 Å². The Morgan fingerprint density at radius 1 is 1.09 bits per heavy atom. The molecule has 0 saturated heterocycles. The van der Waals surface area contributed by atoms with Crippen LogP contribution in [0.15, 0.2) is 23.3 Å². The monoisotopic (exact) mass is 330 g/mol. The van der Waals surface area contributed by atoms with Crippen LogP contribution in [0.2, 0.25) is 0 Å². The smallest absolute Gasteiger partial charge is 0.209 e. The Kier molecular flexibility index (Phi) is 4.67. The maximum atomic E-state index is 10.7. The normalized spacial score (nSPS) is 13.0. The van der Waals surface area contributed by atoms with Crippen molar-refractivity contribution >= 4 is 22.7 Å². The van der Waals surface area contributed by atoms with Gasteiger partial charge in [0.2, 0.25) is 5.13 Å². The summed E-state index contributed by atoms with van der Waals surface area (Å²) < 4.78 is 0. The summed E-state index contributed by atoms with van der Waals surface area (Å²) in [6.45, 7) is 14.9. The summed E-state index contributed by atoms with van der Waals surface area (Å²) in [5.74, 6) is 0.308. The number of hydrogen-bond acceptors (Lipinski definition) is 4. The number of aromatic nitrogens is 1. The maximum absolute atomic E-state index is 10.7. The van der Waals surface area contributed by atoms with E-state index in [1.54, 1.807) is 17.6 Å². The fraction of sp³-hybridized carbons (Fsp3) is 0.474. The van der Waals surface area contributed by atoms with E-state index < -0.39 is 0 Å². The van der Waals surface area contributed by atoms with Crippen molar-refractivity contribution in [3.8, 4) is 5.75 Å². The van der Waals surface area contributed by atoms with Crippen molar-refractivity contribution < 1.29 is 5.11 Å². The van der Waals surface area contributed by atoms with Gasteiger partial charge < -0.3 is 5.11 Å². The number of phenolic OH excluding ortho intramolecular Hbond substituents is 1. The van der Waals surface area contributed by atoms with Crippen LogP contribution in [-0.2, 0) is 10.8 Å². The number of aryl methyl sites for hydroxylation is 1. The molecule has 0 unspecified atom stereocenters. The van der Waals surface area contributed by atoms with Gasteiger partial charge in [-0.25, -0.2) is 9.98 Å². The molecule has 1 aromatic carbocycles. The minimum Gasteiger partial charge on any atom is -0.507 e. The minimum atomic E-state index is -0.133. The highest BCUT2D eigenvalue weighted by molar-refractivity contribution is 7.15. The highest BCUT2D eigenvalue weighted by atomic mass is 32.1. The van der Waals surface area contributed by atoms with E-state index in [9.17, 15) is 5.11 Å². The molecule has 2 aromatic rings. The Balaban J connectivity index is 2.55. The maximum Gasteiger partial charge on any atom is 0.209 e. The topological polar surface area (TPSA) is 45.5 Å². The molecule has 0 bridgehead atoms. The second-order valence-electron chi connectivity index (χ2n) is 7.97. The summed E-state index contributed by atoms with van der Waals surface area (Å²) in [7, 11) is 0. The van der Waals surface area contributed by atoms with Crippen molar-refractivity contribution in [2.45, 2.75) is 59.3 Å². The van der Waals surface area contributed by atoms with Crippen LogP contribution in [0.3, 0.4) is 0 Å². The number of nitrogens with zero attached hydrogens (tertiary/aromatic N) is 2. The predicted octanol–water partition coefficient (Wildman–Crippen LogP) is 5.50. The number of aliphatic imine (C=N–C) groups is 1. The lowest BCUT2D eigenvalue weighted by Gasteiger charge is -2.26. The summed E-state index contributed by atoms with van der Waals surface area (Å²) in [5.41, 5.74) is 2.76. The van der Waals surface area contributed by atoms with Gasteiger partial charge >= 0.3 is 0 Å². The first-order valence-corrected chi connectivity index (χ1v) is 8.64. The summed E-state index contributed by atoms with van der Waals surface area (Å²) in [6, 6.07) is 4.13. The number of hydrogen-bond donors (Lipinski definition) is 1. The molecule has 0 aliphatic carbocycles. The molecule has 1 aromatic heterocycles. The zero-order valence-electron chi connectivity index (χ0n) is 15.1. The van der Waals surface area contributed by atoms with Crippen molar-refractivity contribution in [1.82, 2.24) is 4.98 Å². The number of rotatable bonds is 2. The molecule has 0 spiro atoms. The van der Waals surface area contributed by atoms with Gasteiger partial charge in [0.1, 0.15) is 5.75 Å². The Morgan fingerprint density at radius 3 is 2.22 bits per heavy atom. The van der Waals surface area contributed by atoms with Crippen LogP contribution in [0.1, 0.15) is 63.1 Å². The molecule has 0 atom stereocenters. The molecule has 23 heavy (non-hydrogen) atoms. The number of phenols is 1. The molecule has 2 rings (SSSR count). The number of benzene rings is 1.